The zero-order chi connectivity index (χ0) is 13.2. The fraction of sp³-hybridized carbons (Fsp3) is 0.200. The van der Waals surface area contributed by atoms with Crippen molar-refractivity contribution in [2.24, 2.45) is 5.73 Å². The summed E-state index contributed by atoms with van der Waals surface area (Å²) in [4.78, 5) is 0. The maximum absolute atomic E-state index is 6.41. The van der Waals surface area contributed by atoms with Gasteiger partial charge < -0.3 is 5.73 Å². The number of rotatable bonds is 3. The number of hydrogen-bond donors (Lipinski definition) is 1. The summed E-state index contributed by atoms with van der Waals surface area (Å²) in [6, 6.07) is 16.0. The van der Waals surface area contributed by atoms with E-state index >= 15 is 0 Å². The smallest absolute Gasteiger partial charge is 0.0422 e. The Morgan fingerprint density at radius 1 is 1.17 bits per heavy atom. The number of halogens is 2. The highest BCUT2D eigenvalue weighted by Gasteiger charge is 2.21. The van der Waals surface area contributed by atoms with Gasteiger partial charge in [-0.15, -0.1) is 0 Å². The zero-order valence-corrected chi connectivity index (χ0v) is 12.5. The fourth-order valence-electron chi connectivity index (χ4n) is 1.97. The zero-order valence-electron chi connectivity index (χ0n) is 10.2. The predicted octanol–water partition coefficient (Wildman–Crippen LogP) is 4.52. The molecule has 0 aliphatic heterocycles. The molecular formula is C15H15BrClN. The van der Waals surface area contributed by atoms with Crippen LogP contribution in [0.3, 0.4) is 0 Å². The maximum atomic E-state index is 6.41. The minimum atomic E-state index is -0.418. The minimum absolute atomic E-state index is 0.418. The van der Waals surface area contributed by atoms with E-state index in [0.29, 0.717) is 0 Å². The van der Waals surface area contributed by atoms with Crippen LogP contribution in [0.15, 0.2) is 53.0 Å². The summed E-state index contributed by atoms with van der Waals surface area (Å²) >= 11 is 9.44. The average Bonchev–Trinajstić information content (AvgIpc) is 2.32. The van der Waals surface area contributed by atoms with Crippen molar-refractivity contribution in [2.45, 2.75) is 18.9 Å². The third kappa shape index (κ3) is 3.35. The Labute approximate surface area is 121 Å². The van der Waals surface area contributed by atoms with Crippen molar-refractivity contribution in [3.05, 3.63) is 69.2 Å². The SMILES string of the molecule is CC(N)(Cc1ccc(Br)cc1)c1cccc(Cl)c1. The van der Waals surface area contributed by atoms with E-state index in [9.17, 15) is 0 Å². The first-order valence-electron chi connectivity index (χ1n) is 5.77. The molecule has 18 heavy (non-hydrogen) atoms. The van der Waals surface area contributed by atoms with Crippen molar-refractivity contribution in [1.29, 1.82) is 0 Å². The molecule has 2 rings (SSSR count). The summed E-state index contributed by atoms with van der Waals surface area (Å²) in [5.41, 5.74) is 8.25. The average molecular weight is 325 g/mol. The first-order valence-corrected chi connectivity index (χ1v) is 6.94. The summed E-state index contributed by atoms with van der Waals surface area (Å²) in [7, 11) is 0. The molecule has 0 aliphatic rings. The third-order valence-electron chi connectivity index (χ3n) is 2.97. The molecule has 0 amide bonds. The van der Waals surface area contributed by atoms with Crippen LogP contribution in [-0.4, -0.2) is 0 Å². The molecule has 1 nitrogen and oxygen atoms in total. The largest absolute Gasteiger partial charge is 0.321 e. The molecule has 0 aromatic heterocycles. The standard InChI is InChI=1S/C15H15BrClN/c1-15(18,12-3-2-4-14(17)9-12)10-11-5-7-13(16)8-6-11/h2-9H,10,18H2,1H3. The van der Waals surface area contributed by atoms with Gasteiger partial charge >= 0.3 is 0 Å². The molecule has 0 fully saturated rings. The molecule has 94 valence electrons. The molecular weight excluding hydrogens is 310 g/mol. The number of hydrogen-bond acceptors (Lipinski definition) is 1. The van der Waals surface area contributed by atoms with Gasteiger partial charge in [-0.05, 0) is 48.7 Å². The maximum Gasteiger partial charge on any atom is 0.0422 e. The highest BCUT2D eigenvalue weighted by molar-refractivity contribution is 9.10. The molecule has 3 heteroatoms. The third-order valence-corrected chi connectivity index (χ3v) is 3.73. The Morgan fingerprint density at radius 2 is 1.83 bits per heavy atom. The van der Waals surface area contributed by atoms with E-state index in [2.05, 4.69) is 28.1 Å². The molecule has 1 unspecified atom stereocenters. The molecule has 2 N–H and O–H groups in total. The van der Waals surface area contributed by atoms with Crippen LogP contribution < -0.4 is 5.73 Å². The van der Waals surface area contributed by atoms with Crippen molar-refractivity contribution in [3.63, 3.8) is 0 Å². The molecule has 0 saturated carbocycles. The van der Waals surface area contributed by atoms with Crippen LogP contribution in [-0.2, 0) is 12.0 Å². The first-order chi connectivity index (χ1) is 8.47. The van der Waals surface area contributed by atoms with Crippen LogP contribution in [0.2, 0.25) is 5.02 Å². The lowest BCUT2D eigenvalue weighted by molar-refractivity contribution is 0.491. The van der Waals surface area contributed by atoms with E-state index < -0.39 is 5.54 Å². The van der Waals surface area contributed by atoms with E-state index in [1.165, 1.54) is 5.56 Å². The lowest BCUT2D eigenvalue weighted by Gasteiger charge is -2.25. The molecule has 1 atom stereocenters. The quantitative estimate of drug-likeness (QED) is 0.882. The molecule has 0 heterocycles. The summed E-state index contributed by atoms with van der Waals surface area (Å²) < 4.78 is 1.08. The van der Waals surface area contributed by atoms with Crippen molar-refractivity contribution in [2.75, 3.05) is 0 Å². The lowest BCUT2D eigenvalue weighted by Crippen LogP contribution is -2.35. The number of benzene rings is 2. The van der Waals surface area contributed by atoms with Crippen LogP contribution in [0.25, 0.3) is 0 Å². The molecule has 0 saturated heterocycles. The minimum Gasteiger partial charge on any atom is -0.321 e. The normalized spacial score (nSPS) is 14.2. The van der Waals surface area contributed by atoms with Gasteiger partial charge in [-0.2, -0.15) is 0 Å². The Morgan fingerprint density at radius 3 is 2.44 bits per heavy atom. The van der Waals surface area contributed by atoms with Gasteiger partial charge in [-0.25, -0.2) is 0 Å². The van der Waals surface area contributed by atoms with Crippen molar-refractivity contribution >= 4 is 27.5 Å². The molecule has 2 aromatic rings. The second kappa shape index (κ2) is 5.43. The Kier molecular flexibility index (Phi) is 4.10. The highest BCUT2D eigenvalue weighted by Crippen LogP contribution is 2.25. The molecule has 0 spiro atoms. The summed E-state index contributed by atoms with van der Waals surface area (Å²) in [5, 5.41) is 0.722. The van der Waals surface area contributed by atoms with Crippen molar-refractivity contribution < 1.29 is 0 Å². The van der Waals surface area contributed by atoms with Gasteiger partial charge in [-0.3, -0.25) is 0 Å². The Hall–Kier alpha value is -0.830. The van der Waals surface area contributed by atoms with Gasteiger partial charge in [0.2, 0.25) is 0 Å². The van der Waals surface area contributed by atoms with Gasteiger partial charge in [-0.1, -0.05) is 51.8 Å². The van der Waals surface area contributed by atoms with Gasteiger partial charge in [0.1, 0.15) is 0 Å². The second-order valence-corrected chi connectivity index (χ2v) is 6.08. The molecule has 0 radical (unpaired) electrons. The van der Waals surface area contributed by atoms with Crippen LogP contribution in [0.1, 0.15) is 18.1 Å². The van der Waals surface area contributed by atoms with Crippen molar-refractivity contribution in [3.8, 4) is 0 Å². The van der Waals surface area contributed by atoms with Gasteiger partial charge in [0, 0.05) is 15.0 Å². The van der Waals surface area contributed by atoms with E-state index in [1.807, 2.05) is 43.3 Å². The summed E-state index contributed by atoms with van der Waals surface area (Å²) in [5.74, 6) is 0. The molecule has 2 aromatic carbocycles. The second-order valence-electron chi connectivity index (χ2n) is 4.73. The first kappa shape index (κ1) is 13.6. The van der Waals surface area contributed by atoms with Gasteiger partial charge in [0.15, 0.2) is 0 Å². The highest BCUT2D eigenvalue weighted by atomic mass is 79.9. The summed E-state index contributed by atoms with van der Waals surface area (Å²) in [6.07, 6.45) is 0.778. The number of nitrogens with two attached hydrogens (primary N) is 1. The Balaban J connectivity index is 2.23. The van der Waals surface area contributed by atoms with Gasteiger partial charge in [0.05, 0.1) is 0 Å². The monoisotopic (exact) mass is 323 g/mol. The molecule has 0 bridgehead atoms. The van der Waals surface area contributed by atoms with E-state index in [0.717, 1.165) is 21.5 Å². The van der Waals surface area contributed by atoms with E-state index in [1.54, 1.807) is 0 Å². The van der Waals surface area contributed by atoms with Crippen LogP contribution >= 0.6 is 27.5 Å². The summed E-state index contributed by atoms with van der Waals surface area (Å²) in [6.45, 7) is 2.03. The Bertz CT molecular complexity index is 534. The fourth-order valence-corrected chi connectivity index (χ4v) is 2.43. The van der Waals surface area contributed by atoms with Crippen LogP contribution in [0.4, 0.5) is 0 Å². The topological polar surface area (TPSA) is 26.0 Å². The lowest BCUT2D eigenvalue weighted by atomic mass is 9.87. The van der Waals surface area contributed by atoms with Gasteiger partial charge in [0.25, 0.3) is 0 Å². The van der Waals surface area contributed by atoms with Crippen LogP contribution in [0.5, 0.6) is 0 Å². The van der Waals surface area contributed by atoms with Crippen molar-refractivity contribution in [1.82, 2.24) is 0 Å². The predicted molar refractivity (Wildman–Crippen MR) is 80.8 cm³/mol. The van der Waals surface area contributed by atoms with E-state index in [4.69, 9.17) is 17.3 Å². The van der Waals surface area contributed by atoms with E-state index in [-0.39, 0.29) is 0 Å². The van der Waals surface area contributed by atoms with Crippen LogP contribution in [0, 0.1) is 0 Å². The molecule has 0 aliphatic carbocycles.